The second-order valence-electron chi connectivity index (χ2n) is 8.80. The molecule has 3 atom stereocenters. The van der Waals surface area contributed by atoms with Crippen LogP contribution in [0.4, 0.5) is 5.69 Å². The zero-order chi connectivity index (χ0) is 21.4. The number of nitrogens with one attached hydrogen (secondary N) is 2. The molecule has 2 unspecified atom stereocenters. The third-order valence-corrected chi connectivity index (χ3v) is 7.32. The first-order valence-electron chi connectivity index (χ1n) is 11.2. The molecule has 0 saturated carbocycles. The Hall–Kier alpha value is -1.79. The lowest BCUT2D eigenvalue weighted by Crippen LogP contribution is -2.40. The van der Waals surface area contributed by atoms with Crippen molar-refractivity contribution < 1.29 is 0 Å². The van der Waals surface area contributed by atoms with E-state index in [0.717, 1.165) is 42.8 Å². The van der Waals surface area contributed by atoms with Crippen LogP contribution in [0, 0.1) is 0 Å². The summed E-state index contributed by atoms with van der Waals surface area (Å²) >= 11 is 12.6. The first kappa shape index (κ1) is 21.1. The van der Waals surface area contributed by atoms with E-state index < -0.39 is 0 Å². The first-order chi connectivity index (χ1) is 15.1. The second kappa shape index (κ2) is 8.99. The van der Waals surface area contributed by atoms with Crippen LogP contribution in [0.2, 0.25) is 10.0 Å². The van der Waals surface area contributed by atoms with Crippen molar-refractivity contribution in [3.05, 3.63) is 58.3 Å². The van der Waals surface area contributed by atoms with Gasteiger partial charge in [0.25, 0.3) is 0 Å². The van der Waals surface area contributed by atoms with Crippen molar-refractivity contribution >= 4 is 39.9 Å². The van der Waals surface area contributed by atoms with Crippen molar-refractivity contribution in [1.82, 2.24) is 20.2 Å². The standard InChI is InChI=1S/C24H29Cl2N5/c1-16(21-6-4-17(25)11-22(21)26)31-15-29-23-7-5-20(12-24(23)31)30-10-8-19(14-30)28-13-18-3-2-9-27-18/h4-7,11-12,15-16,18-19,27-28H,2-3,8-10,13-14H2,1H3/t16-,18?,19?/m1/s1. The summed E-state index contributed by atoms with van der Waals surface area (Å²) in [6.07, 6.45) is 5.68. The third kappa shape index (κ3) is 4.42. The molecule has 0 radical (unpaired) electrons. The number of benzene rings is 2. The molecule has 2 fully saturated rings. The van der Waals surface area contributed by atoms with Gasteiger partial charge in [-0.3, -0.25) is 0 Å². The molecule has 2 aromatic carbocycles. The van der Waals surface area contributed by atoms with Crippen molar-refractivity contribution in [2.45, 2.75) is 44.3 Å². The monoisotopic (exact) mass is 457 g/mol. The average molecular weight is 458 g/mol. The SMILES string of the molecule is C[C@H](c1ccc(Cl)cc1Cl)n1cnc2ccc(N3CCC(NCC4CCCN4)C3)cc21. The lowest BCUT2D eigenvalue weighted by Gasteiger charge is -2.21. The number of hydrogen-bond donors (Lipinski definition) is 2. The van der Waals surface area contributed by atoms with Crippen LogP contribution >= 0.6 is 23.2 Å². The Bertz CT molecular complexity index is 1060. The Morgan fingerprint density at radius 3 is 2.90 bits per heavy atom. The quantitative estimate of drug-likeness (QED) is 0.553. The largest absolute Gasteiger partial charge is 0.370 e. The van der Waals surface area contributed by atoms with Crippen LogP contribution in [0.5, 0.6) is 0 Å². The van der Waals surface area contributed by atoms with Gasteiger partial charge in [0.05, 0.1) is 23.4 Å². The van der Waals surface area contributed by atoms with Crippen molar-refractivity contribution in [3.8, 4) is 0 Å². The topological polar surface area (TPSA) is 45.1 Å². The zero-order valence-electron chi connectivity index (χ0n) is 17.8. The average Bonchev–Trinajstić information content (AvgIpc) is 3.52. The summed E-state index contributed by atoms with van der Waals surface area (Å²) in [5.41, 5.74) is 4.43. The van der Waals surface area contributed by atoms with E-state index in [9.17, 15) is 0 Å². The van der Waals surface area contributed by atoms with Gasteiger partial charge in [0.15, 0.2) is 0 Å². The highest BCUT2D eigenvalue weighted by molar-refractivity contribution is 6.35. The number of anilines is 1. The number of nitrogens with zero attached hydrogens (tertiary/aromatic N) is 3. The van der Waals surface area contributed by atoms with E-state index in [1.807, 2.05) is 18.5 Å². The van der Waals surface area contributed by atoms with E-state index in [-0.39, 0.29) is 6.04 Å². The number of fused-ring (bicyclic) bond motifs is 1. The summed E-state index contributed by atoms with van der Waals surface area (Å²) in [6.45, 7) is 6.51. The van der Waals surface area contributed by atoms with Gasteiger partial charge in [-0.2, -0.15) is 0 Å². The minimum absolute atomic E-state index is 0.0666. The summed E-state index contributed by atoms with van der Waals surface area (Å²) in [7, 11) is 0. The maximum absolute atomic E-state index is 6.48. The van der Waals surface area contributed by atoms with Crippen LogP contribution in [0.25, 0.3) is 11.0 Å². The van der Waals surface area contributed by atoms with E-state index in [1.165, 1.54) is 24.9 Å². The maximum atomic E-state index is 6.48. The molecule has 2 aliphatic rings. The Morgan fingerprint density at radius 2 is 2.10 bits per heavy atom. The van der Waals surface area contributed by atoms with Crippen molar-refractivity contribution in [1.29, 1.82) is 0 Å². The molecule has 2 aliphatic heterocycles. The van der Waals surface area contributed by atoms with Gasteiger partial charge in [-0.1, -0.05) is 29.3 Å². The molecule has 2 saturated heterocycles. The molecule has 5 rings (SSSR count). The van der Waals surface area contributed by atoms with Crippen LogP contribution in [-0.4, -0.2) is 47.8 Å². The van der Waals surface area contributed by atoms with Gasteiger partial charge in [-0.15, -0.1) is 0 Å². The Morgan fingerprint density at radius 1 is 1.19 bits per heavy atom. The van der Waals surface area contributed by atoms with Gasteiger partial charge < -0.3 is 20.1 Å². The summed E-state index contributed by atoms with van der Waals surface area (Å²) in [4.78, 5) is 7.11. The fourth-order valence-corrected chi connectivity index (χ4v) is 5.48. The van der Waals surface area contributed by atoms with Crippen molar-refractivity contribution in [3.63, 3.8) is 0 Å². The van der Waals surface area contributed by atoms with E-state index in [1.54, 1.807) is 6.07 Å². The Labute approximate surface area is 193 Å². The molecule has 31 heavy (non-hydrogen) atoms. The second-order valence-corrected chi connectivity index (χ2v) is 9.64. The van der Waals surface area contributed by atoms with E-state index >= 15 is 0 Å². The molecule has 7 heteroatoms. The van der Waals surface area contributed by atoms with Crippen LogP contribution < -0.4 is 15.5 Å². The lowest BCUT2D eigenvalue weighted by atomic mass is 10.1. The number of aromatic nitrogens is 2. The smallest absolute Gasteiger partial charge is 0.0964 e. The molecule has 5 nitrogen and oxygen atoms in total. The Kier molecular flexibility index (Phi) is 6.11. The summed E-state index contributed by atoms with van der Waals surface area (Å²) < 4.78 is 2.20. The molecule has 2 N–H and O–H groups in total. The Balaban J connectivity index is 1.33. The normalized spacial score (nSPS) is 22.5. The minimum atomic E-state index is 0.0666. The maximum Gasteiger partial charge on any atom is 0.0964 e. The number of imidazole rings is 1. The molecule has 3 heterocycles. The van der Waals surface area contributed by atoms with Gasteiger partial charge in [0.1, 0.15) is 0 Å². The summed E-state index contributed by atoms with van der Waals surface area (Å²) in [5.74, 6) is 0. The highest BCUT2D eigenvalue weighted by Crippen LogP contribution is 2.32. The molecule has 0 amide bonds. The van der Waals surface area contributed by atoms with Gasteiger partial charge >= 0.3 is 0 Å². The van der Waals surface area contributed by atoms with Crippen molar-refractivity contribution in [2.75, 3.05) is 31.1 Å². The molecule has 0 spiro atoms. The van der Waals surface area contributed by atoms with Gasteiger partial charge in [0.2, 0.25) is 0 Å². The molecular weight excluding hydrogens is 429 g/mol. The minimum Gasteiger partial charge on any atom is -0.370 e. The number of hydrogen-bond acceptors (Lipinski definition) is 4. The summed E-state index contributed by atoms with van der Waals surface area (Å²) in [6, 6.07) is 13.5. The van der Waals surface area contributed by atoms with Crippen LogP contribution in [0.3, 0.4) is 0 Å². The third-order valence-electron chi connectivity index (χ3n) is 6.76. The molecular formula is C24H29Cl2N5. The first-order valence-corrected chi connectivity index (χ1v) is 12.0. The number of halogens is 2. The fraction of sp³-hybridized carbons (Fsp3) is 0.458. The van der Waals surface area contributed by atoms with Crippen molar-refractivity contribution in [2.24, 2.45) is 0 Å². The highest BCUT2D eigenvalue weighted by Gasteiger charge is 2.25. The fourth-order valence-electron chi connectivity index (χ4n) is 4.91. The van der Waals surface area contributed by atoms with Crippen LogP contribution in [0.1, 0.15) is 37.8 Å². The van der Waals surface area contributed by atoms with Crippen LogP contribution in [0.15, 0.2) is 42.7 Å². The molecule has 164 valence electrons. The number of rotatable bonds is 6. The molecule has 0 bridgehead atoms. The van der Waals surface area contributed by atoms with Gasteiger partial charge in [0, 0.05) is 47.5 Å². The lowest BCUT2D eigenvalue weighted by molar-refractivity contribution is 0.480. The summed E-state index contributed by atoms with van der Waals surface area (Å²) in [5, 5.41) is 8.68. The zero-order valence-corrected chi connectivity index (χ0v) is 19.3. The highest BCUT2D eigenvalue weighted by atomic mass is 35.5. The van der Waals surface area contributed by atoms with E-state index in [4.69, 9.17) is 23.2 Å². The predicted octanol–water partition coefficient (Wildman–Crippen LogP) is 4.87. The molecule has 3 aromatic rings. The van der Waals surface area contributed by atoms with E-state index in [2.05, 4.69) is 50.2 Å². The predicted molar refractivity (Wildman–Crippen MR) is 130 cm³/mol. The van der Waals surface area contributed by atoms with Crippen LogP contribution in [-0.2, 0) is 0 Å². The molecule has 0 aliphatic carbocycles. The van der Waals surface area contributed by atoms with Gasteiger partial charge in [-0.25, -0.2) is 4.98 Å². The molecule has 1 aromatic heterocycles. The van der Waals surface area contributed by atoms with E-state index in [0.29, 0.717) is 22.1 Å². The van der Waals surface area contributed by atoms with Gasteiger partial charge in [-0.05, 0) is 68.6 Å².